The summed E-state index contributed by atoms with van der Waals surface area (Å²) in [6.45, 7) is 16.7. The summed E-state index contributed by atoms with van der Waals surface area (Å²) in [6.07, 6.45) is 2.01. The molecule has 37 heavy (non-hydrogen) atoms. The van der Waals surface area contributed by atoms with Crippen LogP contribution in [0.5, 0.6) is 0 Å². The Balaban J connectivity index is 1.30. The largest absolute Gasteiger partial charge is 0.378 e. The van der Waals surface area contributed by atoms with Crippen molar-refractivity contribution >= 4 is 23.9 Å². The number of nitrogens with zero attached hydrogens (tertiary/aromatic N) is 2. The average Bonchev–Trinajstić information content (AvgIpc) is 3.00. The number of imide groups is 2. The number of urea groups is 2. The first-order chi connectivity index (χ1) is 16.8. The molecular weight excluding hydrogens is 476 g/mol. The van der Waals surface area contributed by atoms with E-state index in [9.17, 15) is 19.2 Å². The van der Waals surface area contributed by atoms with Crippen molar-refractivity contribution in [1.29, 1.82) is 0 Å². The Morgan fingerprint density at radius 2 is 0.892 bits per heavy atom. The van der Waals surface area contributed by atoms with E-state index in [0.717, 1.165) is 0 Å². The fourth-order valence-corrected chi connectivity index (χ4v) is 7.80. The molecule has 0 unspecified atom stereocenters. The van der Waals surface area contributed by atoms with Gasteiger partial charge in [-0.05, 0) is 81.1 Å². The predicted molar refractivity (Wildman–Crippen MR) is 138 cm³/mol. The maximum absolute atomic E-state index is 13.4. The van der Waals surface area contributed by atoms with Gasteiger partial charge in [0.25, 0.3) is 11.8 Å². The van der Waals surface area contributed by atoms with Crippen LogP contribution in [-0.2, 0) is 14.3 Å². The third-order valence-electron chi connectivity index (χ3n) is 7.74. The lowest BCUT2D eigenvalue weighted by molar-refractivity contribution is -0.135. The van der Waals surface area contributed by atoms with Gasteiger partial charge in [-0.15, -0.1) is 0 Å². The highest BCUT2D eigenvalue weighted by molar-refractivity contribution is 6.08. The fraction of sp³-hybridized carbons (Fsp3) is 0.846. The molecule has 0 aromatic rings. The minimum Gasteiger partial charge on any atom is -0.378 e. The Morgan fingerprint density at radius 1 is 0.595 bits per heavy atom. The normalized spacial score (nSPS) is 28.6. The second-order valence-corrected chi connectivity index (χ2v) is 14.0. The van der Waals surface area contributed by atoms with Gasteiger partial charge in [-0.3, -0.25) is 19.4 Å². The molecular formula is C26H44N6O5. The number of rotatable bonds is 6. The molecule has 208 valence electrons. The Bertz CT molecular complexity index is 893. The van der Waals surface area contributed by atoms with E-state index in [1.165, 1.54) is 9.80 Å². The molecule has 4 heterocycles. The van der Waals surface area contributed by atoms with Crippen LogP contribution in [0, 0.1) is 0 Å². The van der Waals surface area contributed by atoms with Crippen LogP contribution in [0.25, 0.3) is 0 Å². The van der Waals surface area contributed by atoms with E-state index in [0.29, 0.717) is 25.7 Å². The molecule has 0 atom stereocenters. The van der Waals surface area contributed by atoms with Gasteiger partial charge in [-0.2, -0.15) is 0 Å². The summed E-state index contributed by atoms with van der Waals surface area (Å²) in [7, 11) is 0. The molecule has 0 bridgehead atoms. The molecule has 11 heteroatoms. The zero-order chi connectivity index (χ0) is 27.7. The van der Waals surface area contributed by atoms with E-state index in [1.54, 1.807) is 0 Å². The number of nitrogens with one attached hydrogen (secondary N) is 4. The van der Waals surface area contributed by atoms with E-state index >= 15 is 0 Å². The molecule has 11 nitrogen and oxygen atoms in total. The first-order valence-corrected chi connectivity index (χ1v) is 13.2. The zero-order valence-electron chi connectivity index (χ0n) is 23.6. The highest BCUT2D eigenvalue weighted by Crippen LogP contribution is 2.41. The van der Waals surface area contributed by atoms with Crippen molar-refractivity contribution in [2.24, 2.45) is 0 Å². The lowest BCUT2D eigenvalue weighted by Gasteiger charge is -2.50. The van der Waals surface area contributed by atoms with Crippen LogP contribution < -0.4 is 21.3 Å². The summed E-state index contributed by atoms with van der Waals surface area (Å²) in [5.41, 5.74) is -3.10. The van der Waals surface area contributed by atoms with Crippen LogP contribution in [0.15, 0.2) is 0 Å². The first kappa shape index (κ1) is 27.8. The zero-order valence-corrected chi connectivity index (χ0v) is 23.6. The molecule has 0 saturated carbocycles. The smallest absolute Gasteiger partial charge is 0.325 e. The number of hydrogen-bond donors (Lipinski definition) is 4. The summed E-state index contributed by atoms with van der Waals surface area (Å²) in [6, 6.07) is -0.816. The molecule has 4 aliphatic heterocycles. The monoisotopic (exact) mass is 520 g/mol. The first-order valence-electron chi connectivity index (χ1n) is 13.2. The minimum atomic E-state index is -0.930. The summed E-state index contributed by atoms with van der Waals surface area (Å²) in [4.78, 5) is 54.6. The van der Waals surface area contributed by atoms with Gasteiger partial charge in [-0.1, -0.05) is 0 Å². The van der Waals surface area contributed by atoms with Gasteiger partial charge in [0.2, 0.25) is 0 Å². The van der Waals surface area contributed by atoms with E-state index < -0.39 is 23.1 Å². The Morgan fingerprint density at radius 3 is 1.19 bits per heavy atom. The quantitative estimate of drug-likeness (QED) is 0.308. The average molecular weight is 521 g/mol. The van der Waals surface area contributed by atoms with Gasteiger partial charge < -0.3 is 26.0 Å². The molecule has 4 rings (SSSR count). The van der Waals surface area contributed by atoms with Crippen molar-refractivity contribution in [3.05, 3.63) is 0 Å². The summed E-state index contributed by atoms with van der Waals surface area (Å²) in [5, 5.41) is 13.0. The van der Waals surface area contributed by atoms with Crippen LogP contribution >= 0.6 is 0 Å². The lowest BCUT2D eigenvalue weighted by Crippen LogP contribution is -2.68. The van der Waals surface area contributed by atoms with Gasteiger partial charge in [0.05, 0.1) is 26.3 Å². The van der Waals surface area contributed by atoms with Crippen LogP contribution in [0.2, 0.25) is 0 Å². The second-order valence-electron chi connectivity index (χ2n) is 14.0. The predicted octanol–water partition coefficient (Wildman–Crippen LogP) is 1.47. The van der Waals surface area contributed by atoms with Gasteiger partial charge in [0.15, 0.2) is 0 Å². The molecule has 4 fully saturated rings. The number of hydrogen-bond acceptors (Lipinski definition) is 7. The topological polar surface area (TPSA) is 132 Å². The van der Waals surface area contributed by atoms with Gasteiger partial charge in [0.1, 0.15) is 11.1 Å². The highest BCUT2D eigenvalue weighted by atomic mass is 16.5. The van der Waals surface area contributed by atoms with Crippen molar-refractivity contribution in [2.75, 3.05) is 26.3 Å². The molecule has 6 amide bonds. The van der Waals surface area contributed by atoms with E-state index in [2.05, 4.69) is 21.3 Å². The van der Waals surface area contributed by atoms with Crippen molar-refractivity contribution in [3.63, 3.8) is 0 Å². The summed E-state index contributed by atoms with van der Waals surface area (Å²) in [5.74, 6) is -0.452. The molecule has 0 aliphatic carbocycles. The SMILES string of the molecule is CC1(C)CC2(CC(C)(C)N1)NC(=O)N(CCOCCN1C(=O)NC3(CC(C)(C)NC(C)(C)C3)C1=O)C2=O. The number of amides is 6. The lowest BCUT2D eigenvalue weighted by atomic mass is 9.71. The summed E-state index contributed by atoms with van der Waals surface area (Å²) >= 11 is 0. The van der Waals surface area contributed by atoms with Gasteiger partial charge >= 0.3 is 12.1 Å². The van der Waals surface area contributed by atoms with Crippen LogP contribution in [0.4, 0.5) is 9.59 Å². The van der Waals surface area contributed by atoms with Crippen molar-refractivity contribution in [3.8, 4) is 0 Å². The standard InChI is InChI=1S/C26H44N6O5/c1-21(2)13-25(14-22(3,4)29-21)17(33)31(19(35)27-25)9-11-37-12-10-32-18(34)26(28-20(32)36)15-23(5,6)30-24(7,8)16-26/h29-30H,9-16H2,1-8H3,(H,27,35)(H,28,36). The van der Waals surface area contributed by atoms with E-state index in [1.807, 2.05) is 55.4 Å². The summed E-state index contributed by atoms with van der Waals surface area (Å²) < 4.78 is 5.69. The molecule has 4 aliphatic rings. The number of ether oxygens (including phenoxy) is 1. The van der Waals surface area contributed by atoms with Crippen molar-refractivity contribution in [2.45, 2.75) is 114 Å². The Labute approximate surface area is 219 Å². The van der Waals surface area contributed by atoms with Crippen LogP contribution in [-0.4, -0.2) is 93.2 Å². The van der Waals surface area contributed by atoms with Crippen LogP contribution in [0.1, 0.15) is 81.1 Å². The van der Waals surface area contributed by atoms with Crippen molar-refractivity contribution < 1.29 is 23.9 Å². The molecule has 2 spiro atoms. The molecule has 4 saturated heterocycles. The van der Waals surface area contributed by atoms with E-state index in [4.69, 9.17) is 4.74 Å². The Kier molecular flexibility index (Phi) is 6.49. The number of carbonyl (C=O) groups excluding carboxylic acids is 4. The Hall–Kier alpha value is -2.24. The maximum atomic E-state index is 13.4. The maximum Gasteiger partial charge on any atom is 0.325 e. The van der Waals surface area contributed by atoms with Crippen molar-refractivity contribution in [1.82, 2.24) is 31.1 Å². The highest BCUT2D eigenvalue weighted by Gasteiger charge is 2.59. The number of piperidine rings is 2. The third kappa shape index (κ3) is 5.35. The molecule has 0 radical (unpaired) electrons. The molecule has 4 N–H and O–H groups in total. The van der Waals surface area contributed by atoms with Crippen LogP contribution in [0.3, 0.4) is 0 Å². The van der Waals surface area contributed by atoms with Gasteiger partial charge in [0, 0.05) is 22.2 Å². The van der Waals surface area contributed by atoms with Gasteiger partial charge in [-0.25, -0.2) is 9.59 Å². The second kappa shape index (κ2) is 8.64. The fourth-order valence-electron chi connectivity index (χ4n) is 7.80. The molecule has 0 aromatic heterocycles. The van der Waals surface area contributed by atoms with E-state index in [-0.39, 0.29) is 60.3 Å². The third-order valence-corrected chi connectivity index (χ3v) is 7.74. The minimum absolute atomic E-state index is 0.110. The number of carbonyl (C=O) groups is 4. The molecule has 0 aromatic carbocycles.